The first-order valence-corrected chi connectivity index (χ1v) is 6.97. The Bertz CT molecular complexity index is 726. The Hall–Kier alpha value is -1.14. The zero-order valence-corrected chi connectivity index (χ0v) is 13.0. The molecule has 4 atom stereocenters. The minimum absolute atomic E-state index is 0.0577. The maximum Gasteiger partial charge on any atom is 0.238 e. The third kappa shape index (κ3) is 2.34. The van der Waals surface area contributed by atoms with E-state index in [1.165, 1.54) is 11.5 Å². The molecule has 1 aliphatic rings. The van der Waals surface area contributed by atoms with Gasteiger partial charge in [-0.05, 0) is 19.1 Å². The van der Waals surface area contributed by atoms with E-state index in [0.29, 0.717) is 0 Å². The quantitative estimate of drug-likeness (QED) is 0.646. The second kappa shape index (κ2) is 5.25. The van der Waals surface area contributed by atoms with Gasteiger partial charge in [0.2, 0.25) is 5.85 Å². The number of halogens is 2. The fraction of sp³-hybridized carbons (Fsp3) is 0.538. The molecule has 0 aromatic carbocycles. The Balaban J connectivity index is 2.64. The van der Waals surface area contributed by atoms with Crippen LogP contribution in [0.15, 0.2) is 6.20 Å². The smallest absolute Gasteiger partial charge is 0.238 e. The van der Waals surface area contributed by atoms with Gasteiger partial charge in [-0.2, -0.15) is 0 Å². The number of alkyl halides is 1. The Labute approximate surface area is 130 Å². The van der Waals surface area contributed by atoms with Crippen LogP contribution in [0.3, 0.4) is 0 Å². The maximum atomic E-state index is 14.6. The Morgan fingerprint density at radius 1 is 1.62 bits per heavy atom. The number of rotatable bonds is 2. The molecule has 0 radical (unpaired) electrons. The summed E-state index contributed by atoms with van der Waals surface area (Å²) in [6, 6.07) is 0. The van der Waals surface area contributed by atoms with Gasteiger partial charge in [-0.25, -0.2) is 8.78 Å². The minimum Gasteiger partial charge on any atom is -0.390 e. The van der Waals surface area contributed by atoms with E-state index in [1.54, 1.807) is 6.92 Å². The zero-order chi connectivity index (χ0) is 16.0. The Morgan fingerprint density at radius 2 is 2.24 bits per heavy atom. The highest BCUT2D eigenvalue weighted by Gasteiger charge is 2.60. The van der Waals surface area contributed by atoms with Crippen molar-refractivity contribution in [2.24, 2.45) is 11.3 Å². The van der Waals surface area contributed by atoms with Crippen LogP contribution in [0.2, 0.25) is 0 Å². The van der Waals surface area contributed by atoms with Gasteiger partial charge in [0.1, 0.15) is 11.2 Å². The van der Waals surface area contributed by atoms with Crippen molar-refractivity contribution >= 4 is 24.4 Å². The molecule has 0 bridgehead atoms. The van der Waals surface area contributed by atoms with Crippen molar-refractivity contribution in [2.45, 2.75) is 25.9 Å². The number of terminal acetylenes is 1. The van der Waals surface area contributed by atoms with Crippen LogP contribution in [0.25, 0.3) is 0 Å². The number of hydrogen-bond donors (Lipinski definition) is 2. The molecule has 0 spiro atoms. The molecule has 1 aromatic heterocycles. The molecule has 0 aliphatic carbocycles. The topological polar surface area (TPSA) is 50.2 Å². The number of aliphatic hydroxyl groups is 1. The molecule has 2 heterocycles. The van der Waals surface area contributed by atoms with Gasteiger partial charge in [-0.15, -0.1) is 6.42 Å². The molecular weight excluding hydrogens is 318 g/mol. The first-order chi connectivity index (χ1) is 9.69. The monoisotopic (exact) mass is 332 g/mol. The van der Waals surface area contributed by atoms with Crippen molar-refractivity contribution in [1.82, 2.24) is 9.55 Å². The van der Waals surface area contributed by atoms with Gasteiger partial charge in [0.25, 0.3) is 0 Å². The minimum atomic E-state index is -2.33. The van der Waals surface area contributed by atoms with Crippen molar-refractivity contribution < 1.29 is 18.6 Å². The summed E-state index contributed by atoms with van der Waals surface area (Å²) in [5.74, 6) is -1.39. The molecule has 1 fully saturated rings. The maximum absolute atomic E-state index is 14.6. The molecular formula is C13H14F2N2O2S2. The zero-order valence-electron chi connectivity index (χ0n) is 11.4. The third-order valence-corrected chi connectivity index (χ3v) is 4.68. The summed E-state index contributed by atoms with van der Waals surface area (Å²) in [6.45, 7) is 2.27. The van der Waals surface area contributed by atoms with Crippen LogP contribution in [0.5, 0.6) is 0 Å². The molecule has 1 aromatic rings. The largest absolute Gasteiger partial charge is 0.390 e. The summed E-state index contributed by atoms with van der Waals surface area (Å²) < 4.78 is 34.7. The molecule has 4 nitrogen and oxygen atoms in total. The number of aromatic nitrogens is 2. The molecule has 114 valence electrons. The van der Waals surface area contributed by atoms with E-state index < -0.39 is 35.8 Å². The van der Waals surface area contributed by atoms with Crippen molar-refractivity contribution in [3.8, 4) is 12.3 Å². The predicted octanol–water partition coefficient (Wildman–Crippen LogP) is 2.88. The lowest BCUT2D eigenvalue weighted by molar-refractivity contribution is -0.192. The van der Waals surface area contributed by atoms with Crippen LogP contribution in [0.4, 0.5) is 8.78 Å². The molecule has 8 heteroatoms. The van der Waals surface area contributed by atoms with Gasteiger partial charge in [-0.1, -0.05) is 25.1 Å². The predicted molar refractivity (Wildman–Crippen MR) is 77.6 cm³/mol. The molecule has 0 saturated carbocycles. The van der Waals surface area contributed by atoms with Crippen LogP contribution in [0, 0.1) is 38.9 Å². The molecule has 1 saturated heterocycles. The van der Waals surface area contributed by atoms with E-state index in [0.717, 1.165) is 6.20 Å². The van der Waals surface area contributed by atoms with Gasteiger partial charge in [0, 0.05) is 12.1 Å². The standard InChI is InChI=1S/C13H14F2N2O2S2/c1-4-12(3)7(2)13(15,6-18)19-10(12)17-5-8(14)9(20)16-11(17)21/h1,5,7,10,18H,6H2,2-3H3,(H,16,20,21)/t7-,10-,12?,13-/m1/s1. The number of aliphatic hydroxyl groups excluding tert-OH is 1. The van der Waals surface area contributed by atoms with Crippen molar-refractivity contribution in [2.75, 3.05) is 6.61 Å². The summed E-state index contributed by atoms with van der Waals surface area (Å²) in [6.07, 6.45) is 5.49. The Morgan fingerprint density at radius 3 is 2.76 bits per heavy atom. The molecule has 1 aliphatic heterocycles. The number of H-pyrrole nitrogens is 1. The first kappa shape index (κ1) is 16.2. The highest BCUT2D eigenvalue weighted by atomic mass is 32.1. The average Bonchev–Trinajstić information content (AvgIpc) is 2.66. The number of hydrogen-bond acceptors (Lipinski definition) is 4. The Kier molecular flexibility index (Phi) is 4.06. The fourth-order valence-electron chi connectivity index (χ4n) is 2.42. The molecule has 2 rings (SSSR count). The van der Waals surface area contributed by atoms with E-state index in [2.05, 4.69) is 10.9 Å². The highest BCUT2D eigenvalue weighted by molar-refractivity contribution is 7.72. The fourth-order valence-corrected chi connectivity index (χ4v) is 2.89. The summed E-state index contributed by atoms with van der Waals surface area (Å²) in [5.41, 5.74) is -1.13. The average molecular weight is 332 g/mol. The summed E-state index contributed by atoms with van der Waals surface area (Å²) in [7, 11) is 0. The van der Waals surface area contributed by atoms with Crippen LogP contribution in [0.1, 0.15) is 20.1 Å². The summed E-state index contributed by atoms with van der Waals surface area (Å²) in [4.78, 5) is 2.49. The van der Waals surface area contributed by atoms with Crippen LogP contribution < -0.4 is 0 Å². The normalized spacial score (nSPS) is 35.6. The second-order valence-electron chi connectivity index (χ2n) is 5.21. The van der Waals surface area contributed by atoms with Gasteiger partial charge >= 0.3 is 0 Å². The second-order valence-corrected chi connectivity index (χ2v) is 6.00. The van der Waals surface area contributed by atoms with E-state index >= 15 is 0 Å². The van der Waals surface area contributed by atoms with E-state index in [9.17, 15) is 13.9 Å². The van der Waals surface area contributed by atoms with Crippen LogP contribution >= 0.6 is 24.4 Å². The lowest BCUT2D eigenvalue weighted by atomic mass is 9.76. The third-order valence-electron chi connectivity index (χ3n) is 4.07. The van der Waals surface area contributed by atoms with Gasteiger partial charge < -0.3 is 14.8 Å². The van der Waals surface area contributed by atoms with E-state index in [-0.39, 0.29) is 9.41 Å². The molecule has 21 heavy (non-hydrogen) atoms. The van der Waals surface area contributed by atoms with Crippen molar-refractivity contribution in [3.05, 3.63) is 21.4 Å². The summed E-state index contributed by atoms with van der Waals surface area (Å²) in [5, 5.41) is 9.25. The van der Waals surface area contributed by atoms with E-state index in [1.807, 2.05) is 0 Å². The molecule has 2 N–H and O–H groups in total. The van der Waals surface area contributed by atoms with Gasteiger partial charge in [-0.3, -0.25) is 4.57 Å². The summed E-state index contributed by atoms with van der Waals surface area (Å²) >= 11 is 9.82. The van der Waals surface area contributed by atoms with E-state index in [4.69, 9.17) is 35.6 Å². The number of nitrogens with zero attached hydrogens (tertiary/aromatic N) is 1. The molecule has 0 amide bonds. The van der Waals surface area contributed by atoms with Crippen LogP contribution in [-0.4, -0.2) is 27.1 Å². The lowest BCUT2D eigenvalue weighted by Gasteiger charge is -2.29. The van der Waals surface area contributed by atoms with Crippen molar-refractivity contribution in [3.63, 3.8) is 0 Å². The number of ether oxygens (including phenoxy) is 1. The number of aromatic amines is 1. The number of nitrogens with one attached hydrogen (secondary N) is 1. The highest BCUT2D eigenvalue weighted by Crippen LogP contribution is 2.54. The molecule has 1 unspecified atom stereocenters. The van der Waals surface area contributed by atoms with Crippen LogP contribution in [-0.2, 0) is 4.74 Å². The first-order valence-electron chi connectivity index (χ1n) is 6.16. The lowest BCUT2D eigenvalue weighted by Crippen LogP contribution is -2.37. The SMILES string of the molecule is C#CC1(C)[C@@H](C)[C@@](F)(CO)O[C@H]1n1cc(F)c(=S)[nH]c1=S. The van der Waals surface area contributed by atoms with Gasteiger partial charge in [0.05, 0.1) is 5.41 Å². The van der Waals surface area contributed by atoms with Crippen molar-refractivity contribution in [1.29, 1.82) is 0 Å². The van der Waals surface area contributed by atoms with Gasteiger partial charge in [0.15, 0.2) is 16.8 Å².